The third kappa shape index (κ3) is 4.93. The van der Waals surface area contributed by atoms with Crippen LogP contribution in [0.1, 0.15) is 13.3 Å². The zero-order valence-electron chi connectivity index (χ0n) is 8.82. The molecule has 3 nitrogen and oxygen atoms in total. The summed E-state index contributed by atoms with van der Waals surface area (Å²) in [5, 5.41) is 0. The van der Waals surface area contributed by atoms with Crippen molar-refractivity contribution in [1.82, 2.24) is 4.31 Å². The summed E-state index contributed by atoms with van der Waals surface area (Å²) >= 11 is 5.60. The van der Waals surface area contributed by atoms with E-state index in [1.165, 1.54) is 4.31 Å². The fourth-order valence-corrected chi connectivity index (χ4v) is 1.91. The molecule has 0 saturated carbocycles. The molecule has 82 valence electrons. The molecule has 5 heteroatoms. The Morgan fingerprint density at radius 2 is 2.21 bits per heavy atom. The Balaban J connectivity index is 0.000000500. The molecule has 1 rings (SSSR count). The van der Waals surface area contributed by atoms with Gasteiger partial charge in [-0.3, -0.25) is 9.10 Å². The third-order valence-electron chi connectivity index (χ3n) is 1.36. The largest absolute Gasteiger partial charge is 0.388 e. The van der Waals surface area contributed by atoms with Gasteiger partial charge in [0, 0.05) is 14.2 Å². The molecule has 0 radical (unpaired) electrons. The topological polar surface area (TPSA) is 29.5 Å². The summed E-state index contributed by atoms with van der Waals surface area (Å²) in [6.45, 7) is 2.75. The Morgan fingerprint density at radius 1 is 1.64 bits per heavy atom. The van der Waals surface area contributed by atoms with Crippen LogP contribution in [0.5, 0.6) is 0 Å². The highest BCUT2D eigenvalue weighted by molar-refractivity contribution is 8.04. The molecule has 1 heterocycles. The lowest BCUT2D eigenvalue weighted by Gasteiger charge is -2.05. The summed E-state index contributed by atoms with van der Waals surface area (Å²) in [5.41, 5.74) is 0. The van der Waals surface area contributed by atoms with Crippen LogP contribution in [0.25, 0.3) is 0 Å². The first kappa shape index (κ1) is 13.9. The predicted molar refractivity (Wildman–Crippen MR) is 64.5 cm³/mol. The molecule has 1 aliphatic rings. The van der Waals surface area contributed by atoms with Crippen LogP contribution >= 0.6 is 24.6 Å². The van der Waals surface area contributed by atoms with E-state index >= 15 is 0 Å². The molecule has 1 aliphatic heterocycles. The minimum atomic E-state index is 0.0479. The van der Waals surface area contributed by atoms with E-state index in [4.69, 9.17) is 0 Å². The number of hydrogen-bond acceptors (Lipinski definition) is 4. The molecule has 0 bridgehead atoms. The number of amides is 1. The van der Waals surface area contributed by atoms with Crippen molar-refractivity contribution in [1.29, 1.82) is 0 Å². The summed E-state index contributed by atoms with van der Waals surface area (Å²) < 4.78 is 5.68. The van der Waals surface area contributed by atoms with Crippen LogP contribution in [-0.2, 0) is 9.53 Å². The SMILES string of the molecule is CCCSC1=CCN(S)C1=O.COC. The van der Waals surface area contributed by atoms with Crippen molar-refractivity contribution < 1.29 is 9.53 Å². The van der Waals surface area contributed by atoms with Gasteiger partial charge >= 0.3 is 0 Å². The minimum absolute atomic E-state index is 0.0479. The van der Waals surface area contributed by atoms with Crippen molar-refractivity contribution in [2.45, 2.75) is 13.3 Å². The molecule has 0 fully saturated rings. The molecule has 14 heavy (non-hydrogen) atoms. The number of ether oxygens (including phenoxy) is 1. The van der Waals surface area contributed by atoms with E-state index in [0.717, 1.165) is 17.1 Å². The molecular formula is C9H17NO2S2. The first-order chi connectivity index (χ1) is 6.67. The van der Waals surface area contributed by atoms with Gasteiger partial charge in [-0.25, -0.2) is 0 Å². The predicted octanol–water partition coefficient (Wildman–Crippen LogP) is 1.96. The van der Waals surface area contributed by atoms with Gasteiger partial charge in [0.2, 0.25) is 0 Å². The maximum absolute atomic E-state index is 11.2. The summed E-state index contributed by atoms with van der Waals surface area (Å²) in [4.78, 5) is 12.0. The number of rotatable bonds is 3. The molecule has 0 aliphatic carbocycles. The van der Waals surface area contributed by atoms with Gasteiger partial charge in [-0.05, 0) is 18.2 Å². The maximum Gasteiger partial charge on any atom is 0.269 e. The maximum atomic E-state index is 11.2. The van der Waals surface area contributed by atoms with Crippen molar-refractivity contribution >= 4 is 30.5 Å². The average molecular weight is 235 g/mol. The number of methoxy groups -OCH3 is 1. The second-order valence-corrected chi connectivity index (χ2v) is 4.33. The van der Waals surface area contributed by atoms with Crippen molar-refractivity contribution in [3.8, 4) is 0 Å². The molecule has 0 unspecified atom stereocenters. The van der Waals surface area contributed by atoms with E-state index in [-0.39, 0.29) is 5.91 Å². The van der Waals surface area contributed by atoms with E-state index < -0.39 is 0 Å². The highest BCUT2D eigenvalue weighted by Gasteiger charge is 2.20. The molecule has 1 amide bonds. The third-order valence-corrected chi connectivity index (χ3v) is 2.97. The number of carbonyl (C=O) groups is 1. The summed E-state index contributed by atoms with van der Waals surface area (Å²) in [6.07, 6.45) is 3.03. The Bertz CT molecular complexity index is 207. The van der Waals surface area contributed by atoms with Crippen molar-refractivity contribution in [3.63, 3.8) is 0 Å². The normalized spacial score (nSPS) is 15.0. The second kappa shape index (κ2) is 8.20. The fourth-order valence-electron chi connectivity index (χ4n) is 0.799. The monoisotopic (exact) mass is 235 g/mol. The van der Waals surface area contributed by atoms with Crippen LogP contribution in [-0.4, -0.2) is 36.7 Å². The van der Waals surface area contributed by atoms with Crippen LogP contribution in [0, 0.1) is 0 Å². The smallest absolute Gasteiger partial charge is 0.269 e. The first-order valence-corrected chi connectivity index (χ1v) is 5.79. The molecule has 0 aromatic rings. The van der Waals surface area contributed by atoms with E-state index in [2.05, 4.69) is 24.5 Å². The highest BCUT2D eigenvalue weighted by atomic mass is 32.2. The Kier molecular flexibility index (Phi) is 8.12. The second-order valence-electron chi connectivity index (χ2n) is 2.71. The Morgan fingerprint density at radius 3 is 2.57 bits per heavy atom. The zero-order valence-corrected chi connectivity index (χ0v) is 10.5. The van der Waals surface area contributed by atoms with Gasteiger partial charge in [-0.2, -0.15) is 0 Å². The van der Waals surface area contributed by atoms with Gasteiger partial charge in [0.15, 0.2) is 0 Å². The lowest BCUT2D eigenvalue weighted by Crippen LogP contribution is -2.14. The standard InChI is InChI=1S/C7H11NOS2.C2H6O/c1-2-5-11-6-3-4-8(10)7(6)9;1-3-2/h3,10H,2,4-5H2,1H3;1-2H3. The van der Waals surface area contributed by atoms with E-state index in [1.54, 1.807) is 26.0 Å². The van der Waals surface area contributed by atoms with Gasteiger partial charge in [0.05, 0.1) is 11.4 Å². The summed E-state index contributed by atoms with van der Waals surface area (Å²) in [5.74, 6) is 1.06. The van der Waals surface area contributed by atoms with Crippen molar-refractivity contribution in [2.24, 2.45) is 0 Å². The highest BCUT2D eigenvalue weighted by Crippen LogP contribution is 2.24. The lowest BCUT2D eigenvalue weighted by atomic mass is 10.6. The Labute approximate surface area is 95.4 Å². The number of hydrogen-bond donors (Lipinski definition) is 1. The average Bonchev–Trinajstić information content (AvgIpc) is 2.47. The fraction of sp³-hybridized carbons (Fsp3) is 0.667. The van der Waals surface area contributed by atoms with E-state index in [1.807, 2.05) is 6.08 Å². The van der Waals surface area contributed by atoms with Crippen LogP contribution < -0.4 is 0 Å². The number of thioether (sulfide) groups is 1. The van der Waals surface area contributed by atoms with Crippen molar-refractivity contribution in [2.75, 3.05) is 26.5 Å². The van der Waals surface area contributed by atoms with Crippen LogP contribution in [0.15, 0.2) is 11.0 Å². The van der Waals surface area contributed by atoms with Gasteiger partial charge < -0.3 is 4.74 Å². The van der Waals surface area contributed by atoms with Crippen molar-refractivity contribution in [3.05, 3.63) is 11.0 Å². The molecule has 0 spiro atoms. The van der Waals surface area contributed by atoms with Gasteiger partial charge in [0.25, 0.3) is 5.91 Å². The van der Waals surface area contributed by atoms with Crippen LogP contribution in [0.2, 0.25) is 0 Å². The molecular weight excluding hydrogens is 218 g/mol. The Hall–Kier alpha value is -0.130. The zero-order chi connectivity index (χ0) is 11.0. The van der Waals surface area contributed by atoms with E-state index in [9.17, 15) is 4.79 Å². The molecule has 0 aromatic heterocycles. The molecule has 0 saturated heterocycles. The molecule has 0 aromatic carbocycles. The van der Waals surface area contributed by atoms with E-state index in [0.29, 0.717) is 6.54 Å². The number of nitrogens with zero attached hydrogens (tertiary/aromatic N) is 1. The number of carbonyl (C=O) groups excluding carboxylic acids is 1. The van der Waals surface area contributed by atoms with Crippen LogP contribution in [0.3, 0.4) is 0 Å². The van der Waals surface area contributed by atoms with Gasteiger partial charge in [0.1, 0.15) is 0 Å². The lowest BCUT2D eigenvalue weighted by molar-refractivity contribution is -0.120. The summed E-state index contributed by atoms with van der Waals surface area (Å²) in [6, 6.07) is 0. The number of thiol groups is 1. The molecule has 0 N–H and O–H groups in total. The summed E-state index contributed by atoms with van der Waals surface area (Å²) in [7, 11) is 3.25. The molecule has 0 atom stereocenters. The first-order valence-electron chi connectivity index (χ1n) is 4.41. The van der Waals surface area contributed by atoms with Gasteiger partial charge in [-0.1, -0.05) is 19.7 Å². The van der Waals surface area contributed by atoms with Gasteiger partial charge in [-0.15, -0.1) is 11.8 Å². The quantitative estimate of drug-likeness (QED) is 0.758. The minimum Gasteiger partial charge on any atom is -0.388 e. The van der Waals surface area contributed by atoms with Crippen LogP contribution in [0.4, 0.5) is 0 Å².